The van der Waals surface area contributed by atoms with E-state index in [1.54, 1.807) is 0 Å². The third-order valence-corrected chi connectivity index (χ3v) is 12.4. The van der Waals surface area contributed by atoms with Crippen molar-refractivity contribution in [1.29, 1.82) is 0 Å². The maximum atomic E-state index is 12.5. The van der Waals surface area contributed by atoms with E-state index < -0.39 is 18.2 Å². The van der Waals surface area contributed by atoms with Gasteiger partial charge in [0, 0.05) is 6.42 Å². The molecule has 0 aliphatic heterocycles. The maximum Gasteiger partial charge on any atom is 0.220 e. The number of unbranched alkanes of at least 4 members (excludes halogenated alkanes) is 38. The van der Waals surface area contributed by atoms with Crippen molar-refractivity contribution in [2.45, 2.75) is 308 Å². The van der Waals surface area contributed by atoms with Gasteiger partial charge in [0.15, 0.2) is 0 Å². The lowest BCUT2D eigenvalue weighted by Crippen LogP contribution is -2.50. The lowest BCUT2D eigenvalue weighted by atomic mass is 10.0. The molecule has 0 aromatic heterocycles. The van der Waals surface area contributed by atoms with Gasteiger partial charge in [-0.15, -0.1) is 0 Å². The number of aliphatic hydroxyl groups is 3. The minimum absolute atomic E-state index is 0.148. The van der Waals surface area contributed by atoms with Gasteiger partial charge in [0.2, 0.25) is 5.91 Å². The van der Waals surface area contributed by atoms with Crippen molar-refractivity contribution >= 4 is 5.91 Å². The van der Waals surface area contributed by atoms with E-state index in [0.717, 1.165) is 38.5 Å². The summed E-state index contributed by atoms with van der Waals surface area (Å²) in [4.78, 5) is 12.5. The summed E-state index contributed by atoms with van der Waals surface area (Å²) < 4.78 is 0. The van der Waals surface area contributed by atoms with E-state index >= 15 is 0 Å². The molecule has 0 aromatic rings. The van der Waals surface area contributed by atoms with Crippen LogP contribution in [-0.4, -0.2) is 46.1 Å². The minimum atomic E-state index is -1.16. The summed E-state index contributed by atoms with van der Waals surface area (Å²) in [6, 6.07) is -0.822. The molecule has 0 spiro atoms. The fraction of sp³-hybridized carbons (Fsp3) is 0.942. The maximum absolute atomic E-state index is 12.5. The van der Waals surface area contributed by atoms with Gasteiger partial charge in [-0.2, -0.15) is 0 Å². The Kier molecular flexibility index (Phi) is 47.0. The van der Waals surface area contributed by atoms with Crippen molar-refractivity contribution in [2.24, 2.45) is 0 Å². The number of aliphatic hydroxyl groups excluding tert-OH is 3. The summed E-state index contributed by atoms with van der Waals surface area (Å²) in [5.41, 5.74) is 0. The Morgan fingerprint density at radius 1 is 0.421 bits per heavy atom. The van der Waals surface area contributed by atoms with Crippen molar-refractivity contribution in [3.63, 3.8) is 0 Å². The third kappa shape index (κ3) is 43.0. The van der Waals surface area contributed by atoms with Gasteiger partial charge < -0.3 is 20.6 Å². The van der Waals surface area contributed by atoms with Crippen LogP contribution in [0.2, 0.25) is 0 Å². The zero-order valence-electron chi connectivity index (χ0n) is 38.7. The molecule has 0 saturated heterocycles. The second-order valence-electron chi connectivity index (χ2n) is 18.1. The van der Waals surface area contributed by atoms with Crippen LogP contribution in [0.4, 0.5) is 0 Å². The fourth-order valence-electron chi connectivity index (χ4n) is 8.34. The van der Waals surface area contributed by atoms with E-state index in [4.69, 9.17) is 0 Å². The molecule has 5 nitrogen and oxygen atoms in total. The van der Waals surface area contributed by atoms with Crippen molar-refractivity contribution < 1.29 is 20.1 Å². The Morgan fingerprint density at radius 3 is 1.02 bits per heavy atom. The molecule has 0 saturated carbocycles. The van der Waals surface area contributed by atoms with Crippen molar-refractivity contribution in [1.82, 2.24) is 5.32 Å². The Morgan fingerprint density at radius 2 is 0.702 bits per heavy atom. The molecule has 0 heterocycles. The highest BCUT2D eigenvalue weighted by atomic mass is 16.3. The van der Waals surface area contributed by atoms with E-state index in [1.807, 2.05) is 0 Å². The van der Waals surface area contributed by atoms with Gasteiger partial charge in [-0.05, 0) is 38.5 Å². The van der Waals surface area contributed by atoms with Crippen LogP contribution in [0.15, 0.2) is 12.2 Å². The first-order valence-electron chi connectivity index (χ1n) is 26.0. The van der Waals surface area contributed by atoms with Crippen LogP contribution < -0.4 is 5.32 Å². The number of nitrogens with one attached hydrogen (secondary N) is 1. The molecule has 57 heavy (non-hydrogen) atoms. The molecule has 340 valence electrons. The van der Waals surface area contributed by atoms with E-state index in [1.165, 1.54) is 225 Å². The zero-order valence-corrected chi connectivity index (χ0v) is 38.7. The Bertz CT molecular complexity index is 803. The van der Waals surface area contributed by atoms with E-state index in [-0.39, 0.29) is 12.5 Å². The van der Waals surface area contributed by atoms with Crippen molar-refractivity contribution in [3.8, 4) is 0 Å². The van der Waals surface area contributed by atoms with Crippen LogP contribution in [0, 0.1) is 0 Å². The van der Waals surface area contributed by atoms with E-state index in [2.05, 4.69) is 31.3 Å². The number of hydrogen-bond donors (Lipinski definition) is 4. The molecule has 3 atom stereocenters. The first-order chi connectivity index (χ1) is 28.1. The van der Waals surface area contributed by atoms with E-state index in [0.29, 0.717) is 12.8 Å². The number of carbonyl (C=O) groups is 1. The molecule has 0 fully saturated rings. The summed E-state index contributed by atoms with van der Waals surface area (Å²) in [7, 11) is 0. The molecular formula is C52H103NO4. The molecule has 0 rings (SSSR count). The quantitative estimate of drug-likeness (QED) is 0.0364. The summed E-state index contributed by atoms with van der Waals surface area (Å²) >= 11 is 0. The number of carbonyl (C=O) groups excluding carboxylic acids is 1. The lowest BCUT2D eigenvalue weighted by Gasteiger charge is -2.26. The largest absolute Gasteiger partial charge is 0.394 e. The van der Waals surface area contributed by atoms with Gasteiger partial charge in [0.1, 0.15) is 6.10 Å². The van der Waals surface area contributed by atoms with Crippen LogP contribution >= 0.6 is 0 Å². The van der Waals surface area contributed by atoms with Gasteiger partial charge in [0.05, 0.1) is 18.8 Å². The topological polar surface area (TPSA) is 89.8 Å². The van der Waals surface area contributed by atoms with Crippen molar-refractivity contribution in [2.75, 3.05) is 6.61 Å². The highest BCUT2D eigenvalue weighted by Crippen LogP contribution is 2.17. The summed E-state index contributed by atoms with van der Waals surface area (Å²) in [5, 5.41) is 33.7. The second-order valence-corrected chi connectivity index (χ2v) is 18.1. The van der Waals surface area contributed by atoms with Crippen LogP contribution in [0.1, 0.15) is 290 Å². The molecule has 3 unspecified atom stereocenters. The number of rotatable bonds is 48. The SMILES string of the molecule is CCCCCCCCCCCCCCCCCCC/C=C/CCCC(O)C(O)C(CO)NC(=O)CCCCCCCCCCCCCCCCCCCCCCC. The van der Waals surface area contributed by atoms with Gasteiger partial charge in [-0.3, -0.25) is 4.79 Å². The van der Waals surface area contributed by atoms with Crippen LogP contribution in [0.25, 0.3) is 0 Å². The molecule has 4 N–H and O–H groups in total. The van der Waals surface area contributed by atoms with Gasteiger partial charge >= 0.3 is 0 Å². The molecule has 0 aromatic carbocycles. The highest BCUT2D eigenvalue weighted by Gasteiger charge is 2.26. The Labute approximate surface area is 357 Å². The number of amides is 1. The van der Waals surface area contributed by atoms with Gasteiger partial charge in [0.25, 0.3) is 0 Å². The zero-order chi connectivity index (χ0) is 41.5. The number of allylic oxidation sites excluding steroid dienone is 2. The summed E-state index contributed by atoms with van der Waals surface area (Å²) in [6.45, 7) is 4.20. The second kappa shape index (κ2) is 47.8. The van der Waals surface area contributed by atoms with Crippen LogP contribution in [0.3, 0.4) is 0 Å². The first kappa shape index (κ1) is 56.1. The number of hydrogen-bond acceptors (Lipinski definition) is 4. The standard InChI is InChI=1S/C52H103NO4/c1-3-5-7-9-11-13-15-17-19-21-23-25-27-28-30-32-34-36-38-40-42-44-46-50(55)52(57)49(48-54)53-51(56)47-45-43-41-39-37-35-33-31-29-26-24-22-20-18-16-14-12-10-8-6-4-2/h38,40,49-50,52,54-55,57H,3-37,39,41-48H2,1-2H3,(H,53,56)/b40-38+. The Hall–Kier alpha value is -0.910. The summed E-state index contributed by atoms with van der Waals surface area (Å²) in [6.07, 6.45) is 57.8. The first-order valence-corrected chi connectivity index (χ1v) is 26.0. The average molecular weight is 806 g/mol. The predicted molar refractivity (Wildman–Crippen MR) is 250 cm³/mol. The Balaban J connectivity index is 3.57. The van der Waals surface area contributed by atoms with E-state index in [9.17, 15) is 20.1 Å². The summed E-state index contributed by atoms with van der Waals surface area (Å²) in [5.74, 6) is -0.148. The van der Waals surface area contributed by atoms with Gasteiger partial charge in [-0.25, -0.2) is 0 Å². The molecular weight excluding hydrogens is 703 g/mol. The molecule has 0 aliphatic rings. The van der Waals surface area contributed by atoms with Crippen LogP contribution in [-0.2, 0) is 4.79 Å². The monoisotopic (exact) mass is 806 g/mol. The fourth-order valence-corrected chi connectivity index (χ4v) is 8.34. The lowest BCUT2D eigenvalue weighted by molar-refractivity contribution is -0.124. The smallest absolute Gasteiger partial charge is 0.220 e. The molecule has 5 heteroatoms. The molecule has 0 radical (unpaired) electrons. The minimum Gasteiger partial charge on any atom is -0.394 e. The molecule has 0 aliphatic carbocycles. The normalized spacial score (nSPS) is 13.4. The molecule has 0 bridgehead atoms. The van der Waals surface area contributed by atoms with Crippen molar-refractivity contribution in [3.05, 3.63) is 12.2 Å². The molecule has 1 amide bonds. The predicted octanol–water partition coefficient (Wildman–Crippen LogP) is 15.6. The highest BCUT2D eigenvalue weighted by molar-refractivity contribution is 5.76. The average Bonchev–Trinajstić information content (AvgIpc) is 3.22. The van der Waals surface area contributed by atoms with Crippen LogP contribution in [0.5, 0.6) is 0 Å². The third-order valence-electron chi connectivity index (χ3n) is 12.4. The van der Waals surface area contributed by atoms with Gasteiger partial charge in [-0.1, -0.05) is 257 Å².